The molecule has 400 valence electrons. The Morgan fingerprint density at radius 1 is 0.849 bits per heavy atom. The maximum atomic E-state index is 14.5. The van der Waals surface area contributed by atoms with E-state index < -0.39 is 108 Å². The zero-order chi connectivity index (χ0) is 52.6. The predicted octanol–water partition coefficient (Wildman–Crippen LogP) is 0.646. The van der Waals surface area contributed by atoms with Gasteiger partial charge in [0.2, 0.25) is 35.4 Å². The summed E-state index contributed by atoms with van der Waals surface area (Å²) in [4.78, 5) is 144. The molecule has 2 unspecified atom stereocenters. The number of thioether (sulfide) groups is 1. The summed E-state index contributed by atoms with van der Waals surface area (Å²) >= 11 is 6.01. The Morgan fingerprint density at radius 3 is 2.27 bits per heavy atom. The van der Waals surface area contributed by atoms with Gasteiger partial charge in [-0.05, 0) is 95.1 Å². The Hall–Kier alpha value is -5.32. The lowest BCUT2D eigenvalue weighted by Crippen LogP contribution is -2.56. The number of rotatable bonds is 16. The van der Waals surface area contributed by atoms with E-state index >= 15 is 0 Å². The van der Waals surface area contributed by atoms with Crippen LogP contribution in [0.4, 0.5) is 0 Å². The number of unbranched alkanes of at least 4 members (excludes halogenated alkanes) is 2. The fourth-order valence-corrected chi connectivity index (χ4v) is 11.5. The molecule has 8 atom stereocenters. The van der Waals surface area contributed by atoms with Crippen LogP contribution in [-0.4, -0.2) is 174 Å². The molecule has 20 nitrogen and oxygen atoms in total. The van der Waals surface area contributed by atoms with Crippen molar-refractivity contribution < 1.29 is 52.7 Å². The number of nitrogens with zero attached hydrogens (tertiary/aromatic N) is 3. The van der Waals surface area contributed by atoms with E-state index in [0.717, 1.165) is 16.7 Å². The quantitative estimate of drug-likeness (QED) is 0.0681. The molecule has 73 heavy (non-hydrogen) atoms. The van der Waals surface area contributed by atoms with Gasteiger partial charge >= 0.3 is 5.97 Å². The van der Waals surface area contributed by atoms with E-state index in [-0.39, 0.29) is 75.7 Å². The highest BCUT2D eigenvalue weighted by molar-refractivity contribution is 7.99. The molecule has 22 heteroatoms. The van der Waals surface area contributed by atoms with Crippen LogP contribution in [0.3, 0.4) is 0 Å². The van der Waals surface area contributed by atoms with Crippen LogP contribution in [0.15, 0.2) is 30.3 Å². The first-order chi connectivity index (χ1) is 35.0. The number of carbonyl (C=O) groups excluding carboxylic acids is 10. The number of hydrogen-bond acceptors (Lipinski definition) is 15. The number of amides is 7. The minimum atomic E-state index is -1.55. The molecular formula is C51H73N9O11S2. The van der Waals surface area contributed by atoms with Crippen LogP contribution in [0.1, 0.15) is 101 Å². The summed E-state index contributed by atoms with van der Waals surface area (Å²) in [6.07, 6.45) is 5.16. The van der Waals surface area contributed by atoms with E-state index in [1.807, 2.05) is 49.3 Å². The van der Waals surface area contributed by atoms with Crippen LogP contribution < -0.4 is 32.3 Å². The molecule has 0 radical (unpaired) electrons. The Labute approximate surface area is 437 Å². The van der Waals surface area contributed by atoms with Crippen LogP contribution in [0.2, 0.25) is 0 Å². The molecule has 4 heterocycles. The number of ketones is 2. The highest BCUT2D eigenvalue weighted by Gasteiger charge is 2.41. The number of hydrogen-bond donors (Lipinski definition) is 7. The predicted molar refractivity (Wildman–Crippen MR) is 276 cm³/mol. The topological polar surface area (TPSA) is 276 Å². The van der Waals surface area contributed by atoms with Gasteiger partial charge in [-0.15, -0.1) is 11.8 Å². The molecule has 0 spiro atoms. The van der Waals surface area contributed by atoms with Crippen molar-refractivity contribution in [3.63, 3.8) is 0 Å². The van der Waals surface area contributed by atoms with E-state index in [1.54, 1.807) is 11.8 Å². The largest absolute Gasteiger partial charge is 0.454 e. The number of thiol groups is 1. The molecule has 0 bridgehead atoms. The Kier molecular flexibility index (Phi) is 21.7. The molecule has 1 aromatic rings. The van der Waals surface area contributed by atoms with Crippen molar-refractivity contribution in [2.45, 2.75) is 133 Å². The molecule has 4 aliphatic heterocycles. The number of fused-ring (bicyclic) bond motifs is 2. The number of Topliss-reactive ketones (excluding diaryl/α,β-unsaturated/α-hetero) is 2. The first kappa shape index (κ1) is 57.0. The Bertz CT molecular complexity index is 2240. The first-order valence-electron chi connectivity index (χ1n) is 25.7. The van der Waals surface area contributed by atoms with Gasteiger partial charge in [0, 0.05) is 68.1 Å². The van der Waals surface area contributed by atoms with Crippen molar-refractivity contribution in [2.24, 2.45) is 17.6 Å². The van der Waals surface area contributed by atoms with Gasteiger partial charge in [-0.2, -0.15) is 12.6 Å². The molecule has 0 saturated carbocycles. The number of likely N-dealkylation sites (tertiary alicyclic amines) is 1. The van der Waals surface area contributed by atoms with Gasteiger partial charge in [-0.1, -0.05) is 43.2 Å². The molecule has 6 rings (SSSR count). The molecule has 0 aromatic heterocycles. The minimum absolute atomic E-state index is 0.0292. The smallest absolute Gasteiger partial charge is 0.329 e. The Morgan fingerprint density at radius 2 is 1.56 bits per heavy atom. The second kappa shape index (κ2) is 27.8. The highest BCUT2D eigenvalue weighted by atomic mass is 32.2. The van der Waals surface area contributed by atoms with Crippen molar-refractivity contribution in [3.8, 4) is 0 Å². The normalized spacial score (nSPS) is 27.0. The van der Waals surface area contributed by atoms with Crippen LogP contribution in [0, 0.1) is 11.8 Å². The summed E-state index contributed by atoms with van der Waals surface area (Å²) in [6, 6.07) is 1.37. The van der Waals surface area contributed by atoms with Crippen LogP contribution in [0.5, 0.6) is 0 Å². The molecule has 7 N–H and O–H groups in total. The van der Waals surface area contributed by atoms with Crippen molar-refractivity contribution >= 4 is 88.8 Å². The lowest BCUT2D eigenvalue weighted by molar-refractivity contribution is -0.155. The maximum Gasteiger partial charge on any atom is 0.329 e. The van der Waals surface area contributed by atoms with Gasteiger partial charge in [-0.3, -0.25) is 48.5 Å². The fourth-order valence-electron chi connectivity index (χ4n) is 10.3. The summed E-state index contributed by atoms with van der Waals surface area (Å²) in [5.41, 5.74) is 8.43. The molecule has 4 fully saturated rings. The number of ether oxygens (including phenoxy) is 1. The third kappa shape index (κ3) is 16.1. The van der Waals surface area contributed by atoms with Crippen molar-refractivity contribution in [2.75, 3.05) is 64.3 Å². The Balaban J connectivity index is 1.29. The standard InChI is InChI=1S/C51H73N9O11S2/c1-58(2)20-8-6-13-33-24-42(61)38(28-72)55-44(63)26-36(50(69)60-22-10-16-41(60)46(52)65)56-47(66)34(12-5-7-19-53-49(68)39-29-73-30-54-39)25-43(62)40-15-9-21-59(40)45(64)27-71-51(70)37(57-48(33)67)23-32-18-17-31-11-3-4-14-35(31)32/h3-4,11,14,18,33-34,36-41,54,72H,5-10,12-13,15-17,19-30H2,1-2H3,(H2,52,65)(H,53,68)(H,55,63)(H,56,66)(H,57,67)/t33-,34-,36+,37+,38?,39?,40+,41+/m1/s1. The number of benzene rings is 1. The maximum absolute atomic E-state index is 14.5. The zero-order valence-electron chi connectivity index (χ0n) is 42.0. The summed E-state index contributed by atoms with van der Waals surface area (Å²) in [6.45, 7) is 0.601. The monoisotopic (exact) mass is 1050 g/mol. The van der Waals surface area contributed by atoms with Crippen molar-refractivity contribution in [3.05, 3.63) is 41.5 Å². The second-order valence-corrected chi connectivity index (χ2v) is 21.4. The van der Waals surface area contributed by atoms with Crippen molar-refractivity contribution in [1.29, 1.82) is 0 Å². The molecule has 5 aliphatic rings. The third-order valence-corrected chi connectivity index (χ3v) is 15.7. The minimum Gasteiger partial charge on any atom is -0.454 e. The summed E-state index contributed by atoms with van der Waals surface area (Å²) in [5, 5.41) is 14.3. The number of cyclic esters (lactones) is 1. The third-order valence-electron chi connectivity index (χ3n) is 14.4. The van der Waals surface area contributed by atoms with Crippen LogP contribution in [0.25, 0.3) is 5.57 Å². The fraction of sp³-hybridized carbons (Fsp3) is 0.647. The van der Waals surface area contributed by atoms with Gasteiger partial charge in [0.05, 0.1) is 24.5 Å². The van der Waals surface area contributed by atoms with Crippen molar-refractivity contribution in [1.82, 2.24) is 41.3 Å². The number of allylic oxidation sites excluding steroid dienone is 1. The van der Waals surface area contributed by atoms with Crippen LogP contribution >= 0.6 is 24.4 Å². The SMILES string of the molecule is CN(C)CCCC[C@@H]1CC(=O)C(CS)NC(=O)C[C@@H](C(=O)N2CCC[C@H]2C(N)=O)NC(=O)[C@H](CCCCNC(=O)C2CSCN2)CC(=O)[C@@H]2CCCN2C(=O)COC(=O)[C@H](CC2=CCc3ccccc32)NC1=O. The summed E-state index contributed by atoms with van der Waals surface area (Å²) in [7, 11) is 3.84. The number of nitrogens with one attached hydrogen (secondary N) is 5. The zero-order valence-corrected chi connectivity index (χ0v) is 43.7. The van der Waals surface area contributed by atoms with Gasteiger partial charge in [0.25, 0.3) is 5.91 Å². The molecular weight excluding hydrogens is 979 g/mol. The molecule has 1 aromatic carbocycles. The number of nitrogens with two attached hydrogens (primary N) is 1. The van der Waals surface area contributed by atoms with Gasteiger partial charge in [0.15, 0.2) is 18.2 Å². The lowest BCUT2D eigenvalue weighted by atomic mass is 9.91. The van der Waals surface area contributed by atoms with E-state index in [0.29, 0.717) is 69.7 Å². The van der Waals surface area contributed by atoms with Gasteiger partial charge in [0.1, 0.15) is 18.1 Å². The van der Waals surface area contributed by atoms with Gasteiger partial charge < -0.3 is 46.4 Å². The summed E-state index contributed by atoms with van der Waals surface area (Å²) < 4.78 is 5.68. The number of carbonyl (C=O) groups is 10. The van der Waals surface area contributed by atoms with Crippen LogP contribution in [-0.2, 0) is 59.1 Å². The molecule has 7 amide bonds. The number of primary amides is 1. The summed E-state index contributed by atoms with van der Waals surface area (Å²) in [5.74, 6) is -7.15. The number of esters is 1. The first-order valence-corrected chi connectivity index (χ1v) is 27.5. The van der Waals surface area contributed by atoms with Gasteiger partial charge in [-0.25, -0.2) is 4.79 Å². The second-order valence-electron chi connectivity index (χ2n) is 20.0. The highest BCUT2D eigenvalue weighted by Crippen LogP contribution is 2.31. The lowest BCUT2D eigenvalue weighted by Gasteiger charge is -2.30. The van der Waals surface area contributed by atoms with E-state index in [9.17, 15) is 47.9 Å². The van der Waals surface area contributed by atoms with E-state index in [2.05, 4.69) is 39.2 Å². The average Bonchev–Trinajstić information content (AvgIpc) is 4.22. The van der Waals surface area contributed by atoms with E-state index in [1.165, 1.54) is 9.80 Å². The van der Waals surface area contributed by atoms with E-state index in [4.69, 9.17) is 10.5 Å². The average molecular weight is 1050 g/mol. The molecule has 4 saturated heterocycles. The molecule has 1 aliphatic carbocycles.